The van der Waals surface area contributed by atoms with E-state index in [0.717, 1.165) is 16.8 Å². The van der Waals surface area contributed by atoms with Crippen LogP contribution in [0.4, 0.5) is 4.39 Å². The molecular formula is C18H13FN4. The van der Waals surface area contributed by atoms with E-state index >= 15 is 0 Å². The summed E-state index contributed by atoms with van der Waals surface area (Å²) in [6.07, 6.45) is 5.73. The summed E-state index contributed by atoms with van der Waals surface area (Å²) in [7, 11) is 0. The van der Waals surface area contributed by atoms with Crippen molar-refractivity contribution in [2.24, 2.45) is 0 Å². The van der Waals surface area contributed by atoms with Gasteiger partial charge in [0.1, 0.15) is 18.5 Å². The summed E-state index contributed by atoms with van der Waals surface area (Å²) in [4.78, 5) is 3.98. The summed E-state index contributed by atoms with van der Waals surface area (Å²) >= 11 is 0. The van der Waals surface area contributed by atoms with Gasteiger partial charge in [0.25, 0.3) is 0 Å². The van der Waals surface area contributed by atoms with E-state index in [-0.39, 0.29) is 5.82 Å². The van der Waals surface area contributed by atoms with E-state index in [4.69, 9.17) is 5.26 Å². The number of halogens is 1. The Bertz CT molecular complexity index is 842. The number of hydrogen-bond donors (Lipinski definition) is 0. The lowest BCUT2D eigenvalue weighted by Gasteiger charge is -2.08. The number of nitriles is 1. The monoisotopic (exact) mass is 304 g/mol. The van der Waals surface area contributed by atoms with Crippen molar-refractivity contribution in [1.82, 2.24) is 14.8 Å². The molecule has 0 saturated carbocycles. The summed E-state index contributed by atoms with van der Waals surface area (Å²) in [5.41, 5.74) is 3.39. The van der Waals surface area contributed by atoms with E-state index in [2.05, 4.69) is 16.2 Å². The highest BCUT2D eigenvalue weighted by Gasteiger charge is 2.06. The van der Waals surface area contributed by atoms with Crippen LogP contribution in [0.25, 0.3) is 5.70 Å². The minimum absolute atomic E-state index is 0.249. The van der Waals surface area contributed by atoms with Gasteiger partial charge in [-0.25, -0.2) is 14.1 Å². The Morgan fingerprint density at radius 1 is 1.13 bits per heavy atom. The van der Waals surface area contributed by atoms with Gasteiger partial charge in [0, 0.05) is 0 Å². The Morgan fingerprint density at radius 3 is 2.48 bits per heavy atom. The number of rotatable bonds is 4. The van der Waals surface area contributed by atoms with E-state index in [9.17, 15) is 4.39 Å². The van der Waals surface area contributed by atoms with Crippen LogP contribution in [0.1, 0.15) is 16.7 Å². The molecular weight excluding hydrogens is 291 g/mol. The molecule has 0 amide bonds. The van der Waals surface area contributed by atoms with E-state index in [1.54, 1.807) is 35.3 Å². The van der Waals surface area contributed by atoms with Crippen LogP contribution in [0.5, 0.6) is 0 Å². The van der Waals surface area contributed by atoms with Crippen LogP contribution in [0, 0.1) is 17.1 Å². The minimum Gasteiger partial charge on any atom is -0.223 e. The fourth-order valence-electron chi connectivity index (χ4n) is 2.23. The van der Waals surface area contributed by atoms with E-state index < -0.39 is 0 Å². The first-order chi connectivity index (χ1) is 11.3. The summed E-state index contributed by atoms with van der Waals surface area (Å²) in [6.45, 7) is 0. The van der Waals surface area contributed by atoms with Gasteiger partial charge in [-0.05, 0) is 41.8 Å². The van der Waals surface area contributed by atoms with Crippen molar-refractivity contribution >= 4 is 5.70 Å². The molecule has 0 aliphatic heterocycles. The predicted octanol–water partition coefficient (Wildman–Crippen LogP) is 3.42. The number of nitrogens with zero attached hydrogens (tertiary/aromatic N) is 4. The molecule has 0 aliphatic carbocycles. The summed E-state index contributed by atoms with van der Waals surface area (Å²) in [6, 6.07) is 15.8. The van der Waals surface area contributed by atoms with Gasteiger partial charge in [-0.2, -0.15) is 10.4 Å². The third kappa shape index (κ3) is 3.50. The van der Waals surface area contributed by atoms with Crippen molar-refractivity contribution in [3.63, 3.8) is 0 Å². The molecule has 0 atom stereocenters. The van der Waals surface area contributed by atoms with Gasteiger partial charge in [0.05, 0.1) is 17.3 Å². The van der Waals surface area contributed by atoms with Gasteiger partial charge in [-0.1, -0.05) is 30.3 Å². The third-order valence-corrected chi connectivity index (χ3v) is 3.42. The van der Waals surface area contributed by atoms with E-state index in [1.165, 1.54) is 18.5 Å². The second-order valence-corrected chi connectivity index (χ2v) is 4.95. The van der Waals surface area contributed by atoms with Gasteiger partial charge in [0.15, 0.2) is 0 Å². The first-order valence-electron chi connectivity index (χ1n) is 7.06. The third-order valence-electron chi connectivity index (χ3n) is 3.42. The van der Waals surface area contributed by atoms with Gasteiger partial charge in [-0.3, -0.25) is 0 Å². The first kappa shape index (κ1) is 14.7. The highest BCUT2D eigenvalue weighted by molar-refractivity contribution is 5.65. The number of aromatic nitrogens is 3. The van der Waals surface area contributed by atoms with Crippen molar-refractivity contribution in [3.8, 4) is 6.07 Å². The molecule has 0 N–H and O–H groups in total. The molecule has 2 aromatic carbocycles. The molecule has 23 heavy (non-hydrogen) atoms. The lowest BCUT2D eigenvalue weighted by molar-refractivity contribution is 0.627. The first-order valence-corrected chi connectivity index (χ1v) is 7.06. The maximum Gasteiger partial charge on any atom is 0.138 e. The molecule has 0 saturated heterocycles. The van der Waals surface area contributed by atoms with Gasteiger partial charge < -0.3 is 0 Å². The molecule has 1 aromatic heterocycles. The smallest absolute Gasteiger partial charge is 0.138 e. The zero-order valence-electron chi connectivity index (χ0n) is 12.2. The second-order valence-electron chi connectivity index (χ2n) is 4.95. The van der Waals surface area contributed by atoms with Crippen LogP contribution in [-0.4, -0.2) is 14.8 Å². The molecule has 0 spiro atoms. The molecule has 1 heterocycles. The highest BCUT2D eigenvalue weighted by Crippen LogP contribution is 2.18. The number of benzene rings is 2. The van der Waals surface area contributed by atoms with Crippen molar-refractivity contribution in [1.29, 1.82) is 5.26 Å². The Kier molecular flexibility index (Phi) is 4.25. The fourth-order valence-corrected chi connectivity index (χ4v) is 2.23. The molecule has 3 rings (SSSR count). The average molecular weight is 304 g/mol. The van der Waals surface area contributed by atoms with Crippen molar-refractivity contribution < 1.29 is 4.39 Å². The minimum atomic E-state index is -0.249. The Morgan fingerprint density at radius 2 is 1.87 bits per heavy atom. The van der Waals surface area contributed by atoms with E-state index in [0.29, 0.717) is 12.0 Å². The lowest BCUT2D eigenvalue weighted by Crippen LogP contribution is -2.00. The van der Waals surface area contributed by atoms with Crippen LogP contribution in [0.15, 0.2) is 67.3 Å². The molecule has 0 aliphatic rings. The van der Waals surface area contributed by atoms with Crippen molar-refractivity contribution in [3.05, 3.63) is 89.8 Å². The maximum absolute atomic E-state index is 13.0. The van der Waals surface area contributed by atoms with Crippen molar-refractivity contribution in [2.45, 2.75) is 6.42 Å². The van der Waals surface area contributed by atoms with Gasteiger partial charge in [-0.15, -0.1) is 0 Å². The highest BCUT2D eigenvalue weighted by atomic mass is 19.1. The quantitative estimate of drug-likeness (QED) is 0.742. The SMILES string of the molecule is N#Cc1ccc(C(=CCc2ccc(F)cc2)n2cncn2)cc1. The number of hydrogen-bond acceptors (Lipinski definition) is 3. The summed E-state index contributed by atoms with van der Waals surface area (Å²) in [5, 5.41) is 13.1. The Labute approximate surface area is 133 Å². The van der Waals surface area contributed by atoms with Crippen molar-refractivity contribution in [2.75, 3.05) is 0 Å². The molecule has 0 fully saturated rings. The van der Waals surface area contributed by atoms with Gasteiger partial charge in [0.2, 0.25) is 0 Å². The maximum atomic E-state index is 13.0. The zero-order chi connectivity index (χ0) is 16.1. The number of allylic oxidation sites excluding steroid dienone is 1. The fraction of sp³-hybridized carbons (Fsp3) is 0.0556. The van der Waals surface area contributed by atoms with Crippen LogP contribution in [-0.2, 0) is 6.42 Å². The molecule has 0 radical (unpaired) electrons. The molecule has 5 heteroatoms. The molecule has 4 nitrogen and oxygen atoms in total. The van der Waals surface area contributed by atoms with E-state index in [1.807, 2.05) is 18.2 Å². The second kappa shape index (κ2) is 6.67. The molecule has 0 bridgehead atoms. The lowest BCUT2D eigenvalue weighted by atomic mass is 10.1. The summed E-state index contributed by atoms with van der Waals surface area (Å²) in [5.74, 6) is -0.249. The summed E-state index contributed by atoms with van der Waals surface area (Å²) < 4.78 is 14.7. The zero-order valence-corrected chi connectivity index (χ0v) is 12.2. The Hall–Kier alpha value is -3.26. The standard InChI is InChI=1S/C18H13FN4/c19-17-8-3-14(4-9-17)5-10-18(23-13-21-12-22-23)16-6-1-15(11-20)2-7-16/h1-4,6-10,12-13H,5H2. The van der Waals surface area contributed by atoms with Gasteiger partial charge >= 0.3 is 0 Å². The van der Waals surface area contributed by atoms with Crippen LogP contribution < -0.4 is 0 Å². The largest absolute Gasteiger partial charge is 0.223 e. The average Bonchev–Trinajstić information content (AvgIpc) is 3.12. The van der Waals surface area contributed by atoms with Crippen LogP contribution >= 0.6 is 0 Å². The molecule has 0 unspecified atom stereocenters. The van der Waals surface area contributed by atoms with Crippen LogP contribution in [0.2, 0.25) is 0 Å². The Balaban J connectivity index is 1.93. The predicted molar refractivity (Wildman–Crippen MR) is 84.7 cm³/mol. The molecule has 112 valence electrons. The topological polar surface area (TPSA) is 54.5 Å². The molecule has 3 aromatic rings. The normalized spacial score (nSPS) is 11.2. The van der Waals surface area contributed by atoms with Crippen LogP contribution in [0.3, 0.4) is 0 Å².